The van der Waals surface area contributed by atoms with Gasteiger partial charge in [0.2, 0.25) is 5.91 Å². The number of esters is 1. The number of fused-ring (bicyclic) bond motifs is 1. The Balaban J connectivity index is 1.65. The van der Waals surface area contributed by atoms with E-state index in [1.165, 1.54) is 6.92 Å². The quantitative estimate of drug-likeness (QED) is 0.268. The van der Waals surface area contributed by atoms with Crippen molar-refractivity contribution in [3.63, 3.8) is 0 Å². The minimum absolute atomic E-state index is 0.0620. The zero-order chi connectivity index (χ0) is 24.2. The van der Waals surface area contributed by atoms with Crippen molar-refractivity contribution in [2.45, 2.75) is 19.4 Å². The van der Waals surface area contributed by atoms with Gasteiger partial charge in [0.15, 0.2) is 0 Å². The first-order valence-corrected chi connectivity index (χ1v) is 10.5. The number of ether oxygens (including phenoxy) is 1. The van der Waals surface area contributed by atoms with Gasteiger partial charge in [-0.05, 0) is 48.0 Å². The summed E-state index contributed by atoms with van der Waals surface area (Å²) in [5.74, 6) is 0.801. The van der Waals surface area contributed by atoms with Crippen LogP contribution >= 0.6 is 0 Å². The van der Waals surface area contributed by atoms with Gasteiger partial charge in [0.05, 0.1) is 11.1 Å². The predicted octanol–water partition coefficient (Wildman–Crippen LogP) is 3.44. The third-order valence-electron chi connectivity index (χ3n) is 5.35. The van der Waals surface area contributed by atoms with Gasteiger partial charge >= 0.3 is 5.97 Å². The molecule has 1 unspecified atom stereocenters. The van der Waals surface area contributed by atoms with Crippen molar-refractivity contribution in [2.24, 2.45) is 0 Å². The Morgan fingerprint density at radius 3 is 2.21 bits per heavy atom. The Kier molecular flexibility index (Phi) is 6.24. The molecule has 0 saturated heterocycles. The maximum absolute atomic E-state index is 13.4. The van der Waals surface area contributed by atoms with E-state index < -0.39 is 29.7 Å². The van der Waals surface area contributed by atoms with Crippen LogP contribution in [0.3, 0.4) is 0 Å². The Bertz CT molecular complexity index is 1300. The molecule has 1 aliphatic heterocycles. The molecule has 3 aromatic rings. The fourth-order valence-electron chi connectivity index (χ4n) is 3.79. The van der Waals surface area contributed by atoms with Gasteiger partial charge in [0.25, 0.3) is 11.8 Å². The number of carbonyl (C=O) groups is 4. The highest BCUT2D eigenvalue weighted by molar-refractivity contribution is 6.23. The lowest BCUT2D eigenvalue weighted by Gasteiger charge is -2.25. The Labute approximate surface area is 196 Å². The largest absolute Gasteiger partial charge is 0.427 e. The van der Waals surface area contributed by atoms with Gasteiger partial charge in [-0.15, -0.1) is 6.42 Å². The monoisotopic (exact) mass is 452 g/mol. The second-order valence-corrected chi connectivity index (χ2v) is 7.70. The molecule has 1 aliphatic rings. The fraction of sp³-hybridized carbons (Fsp3) is 0.111. The number of benzene rings is 3. The summed E-state index contributed by atoms with van der Waals surface area (Å²) in [7, 11) is 0. The van der Waals surface area contributed by atoms with Gasteiger partial charge in [-0.2, -0.15) is 0 Å². The molecule has 3 aromatic carbocycles. The van der Waals surface area contributed by atoms with Crippen molar-refractivity contribution in [3.8, 4) is 18.1 Å². The van der Waals surface area contributed by atoms with Gasteiger partial charge in [-0.25, -0.2) is 0 Å². The summed E-state index contributed by atoms with van der Waals surface area (Å²) >= 11 is 0. The normalized spacial score (nSPS) is 13.1. The number of carbonyl (C=O) groups excluding carboxylic acids is 4. The van der Waals surface area contributed by atoms with Crippen LogP contribution in [0.4, 0.5) is 5.69 Å². The van der Waals surface area contributed by atoms with Crippen molar-refractivity contribution in [3.05, 3.63) is 95.1 Å². The first-order chi connectivity index (χ1) is 16.4. The molecule has 0 saturated carbocycles. The number of nitrogens with one attached hydrogen (secondary N) is 1. The van der Waals surface area contributed by atoms with Crippen LogP contribution < -0.4 is 10.1 Å². The molecule has 1 heterocycles. The molecular weight excluding hydrogens is 432 g/mol. The molecule has 34 heavy (non-hydrogen) atoms. The average molecular weight is 452 g/mol. The molecule has 0 radical (unpaired) electrons. The van der Waals surface area contributed by atoms with E-state index in [0.29, 0.717) is 22.6 Å². The maximum Gasteiger partial charge on any atom is 0.308 e. The van der Waals surface area contributed by atoms with E-state index in [9.17, 15) is 19.2 Å². The summed E-state index contributed by atoms with van der Waals surface area (Å²) in [6.07, 6.45) is 5.51. The second-order valence-electron chi connectivity index (χ2n) is 7.70. The first kappa shape index (κ1) is 22.5. The van der Waals surface area contributed by atoms with Crippen LogP contribution in [-0.2, 0) is 16.0 Å². The molecule has 1 atom stereocenters. The minimum atomic E-state index is -1.12. The van der Waals surface area contributed by atoms with Gasteiger partial charge < -0.3 is 10.1 Å². The lowest BCUT2D eigenvalue weighted by Crippen LogP contribution is -2.48. The van der Waals surface area contributed by atoms with Crippen molar-refractivity contribution < 1.29 is 23.9 Å². The fourth-order valence-corrected chi connectivity index (χ4v) is 3.79. The predicted molar refractivity (Wildman–Crippen MR) is 125 cm³/mol. The summed E-state index contributed by atoms with van der Waals surface area (Å²) < 4.78 is 5.05. The molecular formula is C27H20N2O5. The van der Waals surface area contributed by atoms with Crippen LogP contribution in [0.15, 0.2) is 72.8 Å². The molecule has 7 nitrogen and oxygen atoms in total. The molecule has 0 spiro atoms. The van der Waals surface area contributed by atoms with Crippen molar-refractivity contribution in [1.29, 1.82) is 0 Å². The summed E-state index contributed by atoms with van der Waals surface area (Å²) in [5, 5.41) is 2.77. The van der Waals surface area contributed by atoms with Crippen molar-refractivity contribution >= 4 is 29.4 Å². The van der Waals surface area contributed by atoms with E-state index in [-0.39, 0.29) is 17.5 Å². The number of rotatable bonds is 6. The Hall–Kier alpha value is -4.70. The molecule has 3 amide bonds. The van der Waals surface area contributed by atoms with E-state index >= 15 is 0 Å². The number of hydrogen-bond acceptors (Lipinski definition) is 5. The lowest BCUT2D eigenvalue weighted by molar-refractivity contribution is -0.131. The third kappa shape index (κ3) is 4.57. The summed E-state index contributed by atoms with van der Waals surface area (Å²) in [4.78, 5) is 51.8. The maximum atomic E-state index is 13.4. The molecule has 168 valence electrons. The van der Waals surface area contributed by atoms with Gasteiger partial charge in [0.1, 0.15) is 11.8 Å². The standard InChI is InChI=1S/C27H20N2O5/c1-3-18-7-6-8-20(15-18)28-25(31)24(16-19-11-13-21(14-12-19)34-17(2)30)29-26(32)22-9-4-5-10-23(22)27(29)33/h1,4-15,24H,16H2,2H3,(H,28,31). The SMILES string of the molecule is C#Cc1cccc(NC(=O)C(Cc2ccc(OC(C)=O)cc2)N2C(=O)c3ccccc3C2=O)c1. The van der Waals surface area contributed by atoms with E-state index in [1.807, 2.05) is 0 Å². The van der Waals surface area contributed by atoms with Crippen LogP contribution in [0, 0.1) is 12.3 Å². The highest BCUT2D eigenvalue weighted by atomic mass is 16.5. The number of hydrogen-bond donors (Lipinski definition) is 1. The Morgan fingerprint density at radius 1 is 0.971 bits per heavy atom. The molecule has 0 fully saturated rings. The molecule has 1 N–H and O–H groups in total. The van der Waals surface area contributed by atoms with Crippen molar-refractivity contribution in [2.75, 3.05) is 5.32 Å². The van der Waals surface area contributed by atoms with E-state index in [2.05, 4.69) is 11.2 Å². The number of amides is 3. The van der Waals surface area contributed by atoms with Gasteiger partial charge in [0, 0.05) is 24.6 Å². The van der Waals surface area contributed by atoms with Crippen LogP contribution in [-0.4, -0.2) is 34.6 Å². The van der Waals surface area contributed by atoms with Crippen LogP contribution in [0.1, 0.15) is 38.8 Å². The highest BCUT2D eigenvalue weighted by Crippen LogP contribution is 2.27. The zero-order valence-corrected chi connectivity index (χ0v) is 18.3. The summed E-state index contributed by atoms with van der Waals surface area (Å²) in [5.41, 5.74) is 2.21. The van der Waals surface area contributed by atoms with E-state index in [4.69, 9.17) is 11.2 Å². The van der Waals surface area contributed by atoms with Crippen LogP contribution in [0.25, 0.3) is 0 Å². The molecule has 7 heteroatoms. The van der Waals surface area contributed by atoms with Gasteiger partial charge in [-0.1, -0.05) is 36.3 Å². The van der Waals surface area contributed by atoms with Crippen LogP contribution in [0.2, 0.25) is 0 Å². The van der Waals surface area contributed by atoms with E-state index in [0.717, 1.165) is 4.90 Å². The smallest absolute Gasteiger partial charge is 0.308 e. The average Bonchev–Trinajstić information content (AvgIpc) is 3.08. The Morgan fingerprint density at radius 2 is 1.62 bits per heavy atom. The lowest BCUT2D eigenvalue weighted by atomic mass is 10.0. The number of terminal acetylenes is 1. The molecule has 0 aromatic heterocycles. The summed E-state index contributed by atoms with van der Waals surface area (Å²) in [6.45, 7) is 1.30. The number of anilines is 1. The molecule has 0 bridgehead atoms. The van der Waals surface area contributed by atoms with E-state index in [1.54, 1.807) is 72.8 Å². The van der Waals surface area contributed by atoms with Crippen molar-refractivity contribution in [1.82, 2.24) is 4.90 Å². The minimum Gasteiger partial charge on any atom is -0.427 e. The topological polar surface area (TPSA) is 92.8 Å². The van der Waals surface area contributed by atoms with Crippen LogP contribution in [0.5, 0.6) is 5.75 Å². The van der Waals surface area contributed by atoms with Gasteiger partial charge in [-0.3, -0.25) is 24.1 Å². The molecule has 0 aliphatic carbocycles. The number of imide groups is 1. The first-order valence-electron chi connectivity index (χ1n) is 10.5. The third-order valence-corrected chi connectivity index (χ3v) is 5.35. The highest BCUT2D eigenvalue weighted by Gasteiger charge is 2.42. The summed E-state index contributed by atoms with van der Waals surface area (Å²) in [6, 6.07) is 18.6. The zero-order valence-electron chi connectivity index (χ0n) is 18.3. The molecule has 4 rings (SSSR count). The second kappa shape index (κ2) is 9.43. The number of nitrogens with zero attached hydrogens (tertiary/aromatic N) is 1.